The number of carboxylic acids is 2. The van der Waals surface area contributed by atoms with Crippen LogP contribution in [-0.4, -0.2) is 29.1 Å². The maximum absolute atomic E-state index is 10.6. The molecule has 1 N–H and O–H groups in total. The van der Waals surface area contributed by atoms with Gasteiger partial charge in [0, 0.05) is 5.97 Å². The van der Waals surface area contributed by atoms with E-state index >= 15 is 0 Å². The fourth-order valence-electron chi connectivity index (χ4n) is 0.413. The zero-order valence-corrected chi connectivity index (χ0v) is 11.5. The normalized spacial score (nSPS) is 11.0. The number of aliphatic carboxylic acids is 2. The maximum Gasteiger partial charge on any atom is 1.00 e. The molecule has 0 fully saturated rings. The van der Waals surface area contributed by atoms with E-state index in [1.54, 1.807) is 0 Å². The summed E-state index contributed by atoms with van der Waals surface area (Å²) < 4.78 is 0. The van der Waals surface area contributed by atoms with Crippen molar-refractivity contribution in [3.05, 3.63) is 0 Å². The third-order valence-electron chi connectivity index (χ3n) is 1.17. The second-order valence-corrected chi connectivity index (χ2v) is 2.40. The van der Waals surface area contributed by atoms with Crippen LogP contribution in [0.3, 0.4) is 0 Å². The van der Waals surface area contributed by atoms with E-state index in [0.29, 0.717) is 0 Å². The first-order chi connectivity index (χ1) is 6.43. The van der Waals surface area contributed by atoms with E-state index in [0.717, 1.165) is 6.92 Å². The summed E-state index contributed by atoms with van der Waals surface area (Å²) in [5, 5.41) is 18.2. The predicted molar refractivity (Wildman–Crippen MR) is 38.5 cm³/mol. The van der Waals surface area contributed by atoms with E-state index in [1.165, 1.54) is 0 Å². The van der Waals surface area contributed by atoms with Crippen molar-refractivity contribution in [2.75, 3.05) is 0 Å². The van der Waals surface area contributed by atoms with Gasteiger partial charge in [0.05, 0.1) is 6.42 Å². The van der Waals surface area contributed by atoms with Gasteiger partial charge >= 0.3 is 63.3 Å². The molecule has 7 nitrogen and oxygen atoms in total. The summed E-state index contributed by atoms with van der Waals surface area (Å²) >= 11 is 0. The number of carbonyl (C=O) groups excluding carboxylic acids is 2. The van der Waals surface area contributed by atoms with Crippen molar-refractivity contribution >= 4 is 17.9 Å². The van der Waals surface area contributed by atoms with Gasteiger partial charge in [0.2, 0.25) is 0 Å². The Bertz CT molecular complexity index is 239. The van der Waals surface area contributed by atoms with Gasteiger partial charge in [0.1, 0.15) is 0 Å². The second-order valence-electron chi connectivity index (χ2n) is 2.40. The van der Waals surface area contributed by atoms with Gasteiger partial charge in [0.15, 0.2) is 6.10 Å². The number of carbonyl (C=O) groups is 3. The predicted octanol–water partition coefficient (Wildman–Crippen LogP) is -4.53. The number of carboxylic acid groups (broad SMARTS) is 2. The summed E-state index contributed by atoms with van der Waals surface area (Å²) in [7, 11) is 0. The summed E-state index contributed by atoms with van der Waals surface area (Å²) in [5.41, 5.74) is 0. The van der Waals surface area contributed by atoms with E-state index in [1.807, 2.05) is 0 Å². The monoisotopic (exact) mass is 244 g/mol. The first-order valence-corrected chi connectivity index (χ1v) is 3.72. The van der Waals surface area contributed by atoms with Crippen molar-refractivity contribution in [2.24, 2.45) is 0 Å². The average molecular weight is 244 g/mol. The van der Waals surface area contributed by atoms with Crippen LogP contribution in [0.15, 0.2) is 0 Å². The van der Waals surface area contributed by atoms with Crippen LogP contribution in [0, 0.1) is 0 Å². The van der Waals surface area contributed by atoms with Gasteiger partial charge in [0.25, 0.3) is 0 Å². The van der Waals surface area contributed by atoms with Crippen LogP contribution < -0.4 is 56.5 Å². The molecule has 0 radical (unpaired) electrons. The van der Waals surface area contributed by atoms with Gasteiger partial charge in [-0.3, -0.25) is 4.89 Å². The quantitative estimate of drug-likeness (QED) is 0.284. The molecule has 0 aromatic heterocycles. The summed E-state index contributed by atoms with van der Waals surface area (Å²) in [6.45, 7) is 1.16. The molecule has 0 rings (SSSR count). The Morgan fingerprint density at radius 2 is 1.87 bits per heavy atom. The molecule has 0 heterocycles. The van der Waals surface area contributed by atoms with E-state index in [-0.39, 0.29) is 51.4 Å². The van der Waals surface area contributed by atoms with Gasteiger partial charge in [-0.15, -0.1) is 0 Å². The number of rotatable bonds is 6. The van der Waals surface area contributed by atoms with Gasteiger partial charge in [-0.25, -0.2) is 9.59 Å². The summed E-state index contributed by atoms with van der Waals surface area (Å²) in [6, 6.07) is 0. The molecule has 0 saturated carbocycles. The molecule has 0 aliphatic rings. The summed E-state index contributed by atoms with van der Waals surface area (Å²) in [6.07, 6.45) is -2.21. The zero-order valence-electron chi connectivity index (χ0n) is 8.39. The molecular formula is C7H9KO7. The van der Waals surface area contributed by atoms with Crippen molar-refractivity contribution in [1.29, 1.82) is 0 Å². The van der Waals surface area contributed by atoms with E-state index in [2.05, 4.69) is 9.78 Å². The Morgan fingerprint density at radius 3 is 2.27 bits per heavy atom. The molecule has 0 aliphatic carbocycles. The molecule has 15 heavy (non-hydrogen) atoms. The molecule has 0 spiro atoms. The van der Waals surface area contributed by atoms with Crippen molar-refractivity contribution in [1.82, 2.24) is 0 Å². The van der Waals surface area contributed by atoms with Crippen LogP contribution in [0.1, 0.15) is 19.8 Å². The van der Waals surface area contributed by atoms with Crippen LogP contribution in [0.4, 0.5) is 0 Å². The fraction of sp³-hybridized carbons (Fsp3) is 0.571. The molecule has 80 valence electrons. The van der Waals surface area contributed by atoms with Crippen molar-refractivity contribution < 1.29 is 85.8 Å². The van der Waals surface area contributed by atoms with E-state index in [4.69, 9.17) is 5.11 Å². The first kappa shape index (κ1) is 17.4. The molecular weight excluding hydrogens is 235 g/mol. The molecule has 0 aliphatic heterocycles. The van der Waals surface area contributed by atoms with Crippen molar-refractivity contribution in [2.45, 2.75) is 25.9 Å². The second kappa shape index (κ2) is 9.25. The molecule has 0 saturated heterocycles. The summed E-state index contributed by atoms with van der Waals surface area (Å²) in [4.78, 5) is 38.8. The van der Waals surface area contributed by atoms with Crippen molar-refractivity contribution in [3.63, 3.8) is 0 Å². The molecule has 0 aromatic rings. The Hall–Kier alpha value is 0.00636. The standard InChI is InChI=1S/C7H10O7.K/c1-4(7(11)12)13-14-6(10)3-2-5(8)9;/h4H,2-3H2,1H3,(H,8,9)(H,11,12);/q;+1/p-1. The number of hydrogen-bond acceptors (Lipinski definition) is 6. The average Bonchev–Trinajstić information content (AvgIpc) is 2.10. The molecule has 0 amide bonds. The fourth-order valence-corrected chi connectivity index (χ4v) is 0.413. The van der Waals surface area contributed by atoms with Crippen molar-refractivity contribution in [3.8, 4) is 0 Å². The molecule has 0 bridgehead atoms. The maximum atomic E-state index is 10.6. The van der Waals surface area contributed by atoms with E-state index in [9.17, 15) is 19.5 Å². The molecule has 0 aromatic carbocycles. The van der Waals surface area contributed by atoms with Gasteiger partial charge in [-0.2, -0.15) is 4.89 Å². The largest absolute Gasteiger partial charge is 1.00 e. The minimum Gasteiger partial charge on any atom is -0.550 e. The third-order valence-corrected chi connectivity index (χ3v) is 1.17. The Balaban J connectivity index is 0. The molecule has 8 heteroatoms. The van der Waals surface area contributed by atoms with E-state index < -0.39 is 36.9 Å². The van der Waals surface area contributed by atoms with Gasteiger partial charge < -0.3 is 15.0 Å². The van der Waals surface area contributed by atoms with Gasteiger partial charge in [-0.1, -0.05) is 0 Å². The van der Waals surface area contributed by atoms with Crippen LogP contribution in [-0.2, 0) is 24.2 Å². The SMILES string of the molecule is CC(OOC(=O)CCC(=O)[O-])C(=O)O.[K+]. The first-order valence-electron chi connectivity index (χ1n) is 3.72. The van der Waals surface area contributed by atoms with Crippen LogP contribution >= 0.6 is 0 Å². The number of hydrogen-bond donors (Lipinski definition) is 1. The van der Waals surface area contributed by atoms with Crippen LogP contribution in [0.5, 0.6) is 0 Å². The summed E-state index contributed by atoms with van der Waals surface area (Å²) in [5.74, 6) is -3.65. The Labute approximate surface area is 128 Å². The van der Waals surface area contributed by atoms with Crippen LogP contribution in [0.2, 0.25) is 0 Å². The topological polar surface area (TPSA) is 113 Å². The Kier molecular flexibility index (Phi) is 10.7. The zero-order chi connectivity index (χ0) is 11.1. The van der Waals surface area contributed by atoms with Crippen LogP contribution in [0.25, 0.3) is 0 Å². The van der Waals surface area contributed by atoms with Gasteiger partial charge in [-0.05, 0) is 13.3 Å². The molecule has 1 unspecified atom stereocenters. The molecule has 1 atom stereocenters. The minimum atomic E-state index is -1.40. The minimum absolute atomic E-state index is 0. The Morgan fingerprint density at radius 1 is 1.33 bits per heavy atom. The third kappa shape index (κ3) is 10.3. The smallest absolute Gasteiger partial charge is 0.550 e.